The highest BCUT2D eigenvalue weighted by molar-refractivity contribution is 5.82. The van der Waals surface area contributed by atoms with Crippen LogP contribution < -0.4 is 0 Å². The number of hydrogen-bond acceptors (Lipinski definition) is 4. The maximum absolute atomic E-state index is 11.6. The van der Waals surface area contributed by atoms with Gasteiger partial charge >= 0.3 is 5.97 Å². The third-order valence-corrected chi connectivity index (χ3v) is 2.88. The second kappa shape index (κ2) is 4.17. The zero-order valence-electron chi connectivity index (χ0n) is 9.53. The molecule has 2 heterocycles. The van der Waals surface area contributed by atoms with E-state index in [1.165, 1.54) is 4.90 Å². The number of morpholine rings is 1. The van der Waals surface area contributed by atoms with E-state index in [9.17, 15) is 9.59 Å². The first kappa shape index (κ1) is 11.6. The predicted molar refractivity (Wildman–Crippen MR) is 56.1 cm³/mol. The molecule has 7 nitrogen and oxygen atoms in total. The quantitative estimate of drug-likeness (QED) is 0.745. The number of nitrogens with zero attached hydrogens (tertiary/aromatic N) is 3. The first-order chi connectivity index (χ1) is 8.02. The summed E-state index contributed by atoms with van der Waals surface area (Å²) in [5.41, 5.74) is 0.632. The molecule has 0 radical (unpaired) electrons. The van der Waals surface area contributed by atoms with Crippen molar-refractivity contribution >= 4 is 11.9 Å². The number of likely N-dealkylation sites (N-methyl/N-ethyl adjacent to an activating group) is 1. The van der Waals surface area contributed by atoms with E-state index in [1.54, 1.807) is 31.2 Å². The van der Waals surface area contributed by atoms with Gasteiger partial charge in [-0.2, -0.15) is 0 Å². The number of aryl methyl sites for hydroxylation is 1. The third-order valence-electron chi connectivity index (χ3n) is 2.88. The van der Waals surface area contributed by atoms with Gasteiger partial charge in [-0.1, -0.05) is 0 Å². The zero-order valence-corrected chi connectivity index (χ0v) is 9.53. The summed E-state index contributed by atoms with van der Waals surface area (Å²) in [7, 11) is 3.31. The number of carbonyl (C=O) groups excluding carboxylic acids is 1. The monoisotopic (exact) mass is 239 g/mol. The normalized spacial score (nSPS) is 25.1. The van der Waals surface area contributed by atoms with E-state index in [4.69, 9.17) is 9.84 Å². The standard InChI is InChI=1S/C10H13N3O4/c1-12-5-11-3-6(12)8-9(10(15)16)17-4-7(14)13(8)2/h3,5,8-9H,4H2,1-2H3,(H,15,16). The molecule has 1 amide bonds. The van der Waals surface area contributed by atoms with Crippen molar-refractivity contribution in [3.05, 3.63) is 18.2 Å². The van der Waals surface area contributed by atoms with Crippen LogP contribution in [0.15, 0.2) is 12.5 Å². The van der Waals surface area contributed by atoms with E-state index in [0.717, 1.165) is 0 Å². The Balaban J connectivity index is 2.40. The second-order valence-electron chi connectivity index (χ2n) is 3.95. The Kier molecular flexibility index (Phi) is 2.84. The Bertz CT molecular complexity index is 456. The van der Waals surface area contributed by atoms with E-state index in [1.807, 2.05) is 0 Å². The summed E-state index contributed by atoms with van der Waals surface area (Å²) in [6, 6.07) is -0.652. The molecule has 1 N–H and O–H groups in total. The maximum Gasteiger partial charge on any atom is 0.335 e. The van der Waals surface area contributed by atoms with Gasteiger partial charge in [0.25, 0.3) is 0 Å². The van der Waals surface area contributed by atoms with Crippen molar-refractivity contribution in [2.24, 2.45) is 7.05 Å². The Labute approximate surface area is 97.6 Å². The minimum Gasteiger partial charge on any atom is -0.479 e. The summed E-state index contributed by atoms with van der Waals surface area (Å²) in [6.45, 7) is -0.207. The van der Waals surface area contributed by atoms with Crippen LogP contribution in [0.25, 0.3) is 0 Å². The van der Waals surface area contributed by atoms with Crippen LogP contribution in [0.1, 0.15) is 11.7 Å². The first-order valence-electron chi connectivity index (χ1n) is 5.08. The molecule has 1 saturated heterocycles. The van der Waals surface area contributed by atoms with Crippen LogP contribution in [0.4, 0.5) is 0 Å². The van der Waals surface area contributed by atoms with Gasteiger partial charge in [-0.3, -0.25) is 4.79 Å². The number of carboxylic acid groups (broad SMARTS) is 1. The fraction of sp³-hybridized carbons (Fsp3) is 0.500. The van der Waals surface area contributed by atoms with Gasteiger partial charge in [0.1, 0.15) is 12.6 Å². The van der Waals surface area contributed by atoms with Crippen molar-refractivity contribution in [2.75, 3.05) is 13.7 Å². The number of hydrogen-bond donors (Lipinski definition) is 1. The summed E-state index contributed by atoms with van der Waals surface area (Å²) in [4.78, 5) is 28.0. The van der Waals surface area contributed by atoms with E-state index in [2.05, 4.69) is 4.98 Å². The predicted octanol–water partition coefficient (Wildman–Crippen LogP) is -0.597. The molecular formula is C10H13N3O4. The van der Waals surface area contributed by atoms with E-state index >= 15 is 0 Å². The molecule has 7 heteroatoms. The van der Waals surface area contributed by atoms with E-state index in [0.29, 0.717) is 5.69 Å². The van der Waals surface area contributed by atoms with Crippen molar-refractivity contribution < 1.29 is 19.4 Å². The molecule has 1 aliphatic heterocycles. The second-order valence-corrected chi connectivity index (χ2v) is 3.95. The number of carbonyl (C=O) groups is 2. The fourth-order valence-corrected chi connectivity index (χ4v) is 1.92. The largest absolute Gasteiger partial charge is 0.479 e. The third kappa shape index (κ3) is 1.89. The summed E-state index contributed by atoms with van der Waals surface area (Å²) in [5.74, 6) is -1.33. The molecule has 2 unspecified atom stereocenters. The highest BCUT2D eigenvalue weighted by Gasteiger charge is 2.41. The van der Waals surface area contributed by atoms with Gasteiger partial charge in [-0.05, 0) is 0 Å². The Morgan fingerprint density at radius 2 is 2.29 bits per heavy atom. The van der Waals surface area contributed by atoms with Crippen molar-refractivity contribution in [2.45, 2.75) is 12.1 Å². The first-order valence-corrected chi connectivity index (χ1v) is 5.08. The highest BCUT2D eigenvalue weighted by atomic mass is 16.5. The van der Waals surface area contributed by atoms with Crippen LogP contribution >= 0.6 is 0 Å². The van der Waals surface area contributed by atoms with Gasteiger partial charge in [-0.25, -0.2) is 9.78 Å². The number of ether oxygens (including phenoxy) is 1. The average molecular weight is 239 g/mol. The number of amides is 1. The zero-order chi connectivity index (χ0) is 12.6. The highest BCUT2D eigenvalue weighted by Crippen LogP contribution is 2.28. The molecule has 0 aromatic carbocycles. The SMILES string of the molecule is CN1C(=O)COC(C(=O)O)C1c1cncn1C. The number of imidazole rings is 1. The van der Waals surface area contributed by atoms with Gasteiger partial charge in [0.05, 0.1) is 18.2 Å². The van der Waals surface area contributed by atoms with Gasteiger partial charge < -0.3 is 19.3 Å². The number of rotatable bonds is 2. The fourth-order valence-electron chi connectivity index (χ4n) is 1.92. The number of aliphatic carboxylic acids is 1. The lowest BCUT2D eigenvalue weighted by Gasteiger charge is -2.36. The molecule has 1 aliphatic rings. The Hall–Kier alpha value is -1.89. The van der Waals surface area contributed by atoms with Gasteiger partial charge in [-0.15, -0.1) is 0 Å². The molecule has 0 bridgehead atoms. The van der Waals surface area contributed by atoms with Gasteiger partial charge in [0.15, 0.2) is 6.10 Å². The molecule has 0 aliphatic carbocycles. The molecule has 17 heavy (non-hydrogen) atoms. The van der Waals surface area contributed by atoms with Crippen LogP contribution in [0.5, 0.6) is 0 Å². The van der Waals surface area contributed by atoms with Crippen molar-refractivity contribution in [1.29, 1.82) is 0 Å². The minimum absolute atomic E-state index is 0.207. The smallest absolute Gasteiger partial charge is 0.335 e. The molecule has 2 atom stereocenters. The minimum atomic E-state index is -1.09. The summed E-state index contributed by atoms with van der Waals surface area (Å²) < 4.78 is 6.76. The molecule has 1 aromatic heterocycles. The summed E-state index contributed by atoms with van der Waals surface area (Å²) >= 11 is 0. The molecular weight excluding hydrogens is 226 g/mol. The molecule has 2 rings (SSSR count). The van der Waals surface area contributed by atoms with Gasteiger partial charge in [0.2, 0.25) is 5.91 Å². The van der Waals surface area contributed by atoms with E-state index < -0.39 is 18.1 Å². The lowest BCUT2D eigenvalue weighted by Crippen LogP contribution is -2.50. The van der Waals surface area contributed by atoms with Crippen LogP contribution in [-0.4, -0.2) is 51.2 Å². The van der Waals surface area contributed by atoms with Crippen LogP contribution in [0.3, 0.4) is 0 Å². The topological polar surface area (TPSA) is 84.7 Å². The lowest BCUT2D eigenvalue weighted by atomic mass is 10.0. The number of carboxylic acids is 1. The number of aromatic nitrogens is 2. The Morgan fingerprint density at radius 1 is 1.59 bits per heavy atom. The molecule has 92 valence electrons. The van der Waals surface area contributed by atoms with Crippen molar-refractivity contribution in [3.63, 3.8) is 0 Å². The van der Waals surface area contributed by atoms with E-state index in [-0.39, 0.29) is 12.5 Å². The van der Waals surface area contributed by atoms with Crippen LogP contribution in [0, 0.1) is 0 Å². The summed E-state index contributed by atoms with van der Waals surface area (Å²) in [6.07, 6.45) is 2.04. The molecule has 1 aromatic rings. The summed E-state index contributed by atoms with van der Waals surface area (Å²) in [5, 5.41) is 9.11. The maximum atomic E-state index is 11.6. The molecule has 1 fully saturated rings. The van der Waals surface area contributed by atoms with Crippen LogP contribution in [0.2, 0.25) is 0 Å². The molecule has 0 spiro atoms. The van der Waals surface area contributed by atoms with Crippen molar-refractivity contribution in [3.8, 4) is 0 Å². The Morgan fingerprint density at radius 3 is 2.82 bits per heavy atom. The average Bonchev–Trinajstić information content (AvgIpc) is 2.68. The van der Waals surface area contributed by atoms with Gasteiger partial charge in [0, 0.05) is 14.1 Å². The van der Waals surface area contributed by atoms with Crippen molar-refractivity contribution in [1.82, 2.24) is 14.5 Å². The van der Waals surface area contributed by atoms with Crippen LogP contribution in [-0.2, 0) is 21.4 Å². The molecule has 0 saturated carbocycles. The lowest BCUT2D eigenvalue weighted by molar-refractivity contribution is -0.171.